The van der Waals surface area contributed by atoms with Crippen LogP contribution in [-0.4, -0.2) is 51.8 Å². The van der Waals surface area contributed by atoms with Gasteiger partial charge in [0.05, 0.1) is 11.3 Å². The predicted octanol–water partition coefficient (Wildman–Crippen LogP) is 4.43. The first-order chi connectivity index (χ1) is 14.9. The van der Waals surface area contributed by atoms with Crippen LogP contribution >= 0.6 is 0 Å². The third kappa shape index (κ3) is 3.48. The van der Waals surface area contributed by atoms with Crippen LogP contribution in [0.2, 0.25) is 0 Å². The molecule has 2 aliphatic heterocycles. The lowest BCUT2D eigenvalue weighted by atomic mass is 10.1. The van der Waals surface area contributed by atoms with Gasteiger partial charge in [0.2, 0.25) is 0 Å². The number of alkyl halides is 3. The quantitative estimate of drug-likeness (QED) is 0.717. The molecular weight excluding hydrogens is 405 g/mol. The van der Waals surface area contributed by atoms with E-state index >= 15 is 0 Å². The van der Waals surface area contributed by atoms with Crippen LogP contribution in [0.25, 0.3) is 11.3 Å². The normalized spacial score (nSPS) is 29.4. The van der Waals surface area contributed by atoms with Crippen molar-refractivity contribution in [1.82, 2.24) is 19.4 Å². The van der Waals surface area contributed by atoms with Gasteiger partial charge < -0.3 is 9.30 Å². The van der Waals surface area contributed by atoms with Gasteiger partial charge in [-0.2, -0.15) is 13.2 Å². The van der Waals surface area contributed by atoms with Crippen LogP contribution in [0.15, 0.2) is 18.5 Å². The van der Waals surface area contributed by atoms with Gasteiger partial charge in [-0.05, 0) is 50.5 Å². The van der Waals surface area contributed by atoms with Gasteiger partial charge in [-0.25, -0.2) is 4.98 Å². The summed E-state index contributed by atoms with van der Waals surface area (Å²) in [5.41, 5.74) is 0.394. The number of aryl methyl sites for hydroxylation is 1. The molecule has 0 amide bonds. The SMILES string of the molecule is Cc1ncc(-c2cn(C3[C@H]4CN(C5CCOCC5)C[C@@H]34)c(C3CC3)n2)cc1C(F)(F)F. The van der Waals surface area contributed by atoms with E-state index < -0.39 is 11.7 Å². The highest BCUT2D eigenvalue weighted by atomic mass is 19.4. The number of pyridine rings is 1. The third-order valence-electron chi connectivity index (χ3n) is 7.60. The van der Waals surface area contributed by atoms with Crippen LogP contribution in [0.3, 0.4) is 0 Å². The molecule has 6 rings (SSSR count). The summed E-state index contributed by atoms with van der Waals surface area (Å²) >= 11 is 0. The zero-order valence-electron chi connectivity index (χ0n) is 17.6. The Labute approximate surface area is 179 Å². The third-order valence-corrected chi connectivity index (χ3v) is 7.60. The zero-order valence-corrected chi connectivity index (χ0v) is 17.6. The van der Waals surface area contributed by atoms with Crippen LogP contribution in [-0.2, 0) is 10.9 Å². The molecule has 1 unspecified atom stereocenters. The molecule has 2 aliphatic carbocycles. The van der Waals surface area contributed by atoms with Gasteiger partial charge in [-0.3, -0.25) is 9.88 Å². The second-order valence-electron chi connectivity index (χ2n) is 9.64. The van der Waals surface area contributed by atoms with Crippen molar-refractivity contribution in [3.8, 4) is 11.3 Å². The summed E-state index contributed by atoms with van der Waals surface area (Å²) in [6, 6.07) is 2.28. The molecule has 5 nitrogen and oxygen atoms in total. The fourth-order valence-electron chi connectivity index (χ4n) is 5.68. The number of hydrogen-bond donors (Lipinski definition) is 0. The first-order valence-corrected chi connectivity index (χ1v) is 11.3. The average molecular weight is 432 g/mol. The van der Waals surface area contributed by atoms with E-state index in [1.807, 2.05) is 6.20 Å². The number of nitrogens with zero attached hydrogens (tertiary/aromatic N) is 4. The molecule has 8 heteroatoms. The molecule has 0 spiro atoms. The summed E-state index contributed by atoms with van der Waals surface area (Å²) < 4.78 is 47.9. The number of ether oxygens (including phenoxy) is 1. The van der Waals surface area contributed by atoms with Crippen molar-refractivity contribution in [3.05, 3.63) is 35.5 Å². The van der Waals surface area contributed by atoms with Crippen molar-refractivity contribution in [2.75, 3.05) is 26.3 Å². The van der Waals surface area contributed by atoms with E-state index in [-0.39, 0.29) is 5.69 Å². The Bertz CT molecular complexity index is 981. The second-order valence-corrected chi connectivity index (χ2v) is 9.64. The molecule has 2 aromatic heterocycles. The molecule has 4 heterocycles. The molecule has 0 radical (unpaired) electrons. The highest BCUT2D eigenvalue weighted by molar-refractivity contribution is 5.59. The van der Waals surface area contributed by atoms with E-state index in [1.165, 1.54) is 19.2 Å². The number of fused-ring (bicyclic) bond motifs is 1. The number of aromatic nitrogens is 3. The van der Waals surface area contributed by atoms with E-state index in [4.69, 9.17) is 9.72 Å². The largest absolute Gasteiger partial charge is 0.418 e. The zero-order chi connectivity index (χ0) is 21.3. The highest BCUT2D eigenvalue weighted by Gasteiger charge is 2.58. The smallest absolute Gasteiger partial charge is 0.381 e. The Hall–Kier alpha value is -1.93. The van der Waals surface area contributed by atoms with Gasteiger partial charge in [-0.1, -0.05) is 0 Å². The summed E-state index contributed by atoms with van der Waals surface area (Å²) in [7, 11) is 0. The monoisotopic (exact) mass is 432 g/mol. The van der Waals surface area contributed by atoms with E-state index in [2.05, 4.69) is 14.5 Å². The molecule has 0 bridgehead atoms. The lowest BCUT2D eigenvalue weighted by Gasteiger charge is -2.32. The predicted molar refractivity (Wildman–Crippen MR) is 109 cm³/mol. The molecule has 4 aliphatic rings. The van der Waals surface area contributed by atoms with Crippen molar-refractivity contribution in [3.63, 3.8) is 0 Å². The first kappa shape index (κ1) is 19.7. The van der Waals surface area contributed by atoms with Gasteiger partial charge in [0.1, 0.15) is 5.82 Å². The average Bonchev–Trinajstić information content (AvgIpc) is 3.62. The molecule has 31 heavy (non-hydrogen) atoms. The first-order valence-electron chi connectivity index (χ1n) is 11.3. The minimum absolute atomic E-state index is 0.00280. The van der Waals surface area contributed by atoms with Gasteiger partial charge >= 0.3 is 6.18 Å². The van der Waals surface area contributed by atoms with Crippen LogP contribution < -0.4 is 0 Å². The number of piperidine rings is 1. The van der Waals surface area contributed by atoms with Crippen LogP contribution in [0.4, 0.5) is 13.2 Å². The molecule has 2 saturated heterocycles. The fraction of sp³-hybridized carbons (Fsp3) is 0.652. The van der Waals surface area contributed by atoms with Crippen molar-refractivity contribution < 1.29 is 17.9 Å². The molecule has 0 N–H and O–H groups in total. The minimum atomic E-state index is -4.41. The molecule has 2 aromatic rings. The van der Waals surface area contributed by atoms with Gasteiger partial charge in [-0.15, -0.1) is 0 Å². The van der Waals surface area contributed by atoms with Gasteiger partial charge in [0, 0.05) is 68.0 Å². The van der Waals surface area contributed by atoms with Crippen LogP contribution in [0.1, 0.15) is 54.7 Å². The Kier molecular flexibility index (Phi) is 4.48. The minimum Gasteiger partial charge on any atom is -0.381 e. The lowest BCUT2D eigenvalue weighted by Crippen LogP contribution is -2.39. The summed E-state index contributed by atoms with van der Waals surface area (Å²) in [6.45, 7) is 5.35. The maximum Gasteiger partial charge on any atom is 0.418 e. The summed E-state index contributed by atoms with van der Waals surface area (Å²) in [5, 5.41) is 0. The number of halogens is 3. The molecule has 3 atom stereocenters. The molecule has 0 aromatic carbocycles. The summed E-state index contributed by atoms with van der Waals surface area (Å²) in [5.74, 6) is 2.76. The molecule has 2 saturated carbocycles. The fourth-order valence-corrected chi connectivity index (χ4v) is 5.68. The lowest BCUT2D eigenvalue weighted by molar-refractivity contribution is -0.138. The van der Waals surface area contributed by atoms with E-state index in [0.29, 0.717) is 41.1 Å². The summed E-state index contributed by atoms with van der Waals surface area (Å²) in [4.78, 5) is 11.5. The van der Waals surface area contributed by atoms with Crippen molar-refractivity contribution in [1.29, 1.82) is 0 Å². The van der Waals surface area contributed by atoms with Crippen LogP contribution in [0.5, 0.6) is 0 Å². The van der Waals surface area contributed by atoms with Crippen molar-refractivity contribution in [2.45, 2.75) is 56.8 Å². The maximum atomic E-state index is 13.4. The number of rotatable bonds is 4. The molecular formula is C23H27F3N4O. The number of imidazole rings is 1. The summed E-state index contributed by atoms with van der Waals surface area (Å²) in [6.07, 6.45) is 3.58. The highest BCUT2D eigenvalue weighted by Crippen LogP contribution is 2.58. The van der Waals surface area contributed by atoms with Crippen LogP contribution in [0, 0.1) is 18.8 Å². The molecule has 166 valence electrons. The Balaban J connectivity index is 1.25. The van der Waals surface area contributed by atoms with E-state index in [1.54, 1.807) is 0 Å². The Morgan fingerprint density at radius 3 is 2.42 bits per heavy atom. The second kappa shape index (κ2) is 7.04. The Morgan fingerprint density at radius 1 is 1.06 bits per heavy atom. The van der Waals surface area contributed by atoms with Crippen molar-refractivity contribution >= 4 is 0 Å². The van der Waals surface area contributed by atoms with E-state index in [9.17, 15) is 13.2 Å². The Morgan fingerprint density at radius 2 is 1.77 bits per heavy atom. The van der Waals surface area contributed by atoms with Gasteiger partial charge in [0.25, 0.3) is 0 Å². The number of likely N-dealkylation sites (tertiary alicyclic amines) is 1. The van der Waals surface area contributed by atoms with Gasteiger partial charge in [0.15, 0.2) is 0 Å². The standard InChI is InChI=1S/C23H27F3N4O/c1-13-19(23(24,25)26)8-15(9-27-13)20-12-30(22(28-20)14-2-3-14)21-17-10-29(11-18(17)21)16-4-6-31-7-5-16/h8-9,12,14,16-18,21H,2-7,10-11H2,1H3/t17-,18+,21?. The maximum absolute atomic E-state index is 13.4. The molecule has 4 fully saturated rings. The van der Waals surface area contributed by atoms with Crippen molar-refractivity contribution in [2.24, 2.45) is 11.8 Å². The topological polar surface area (TPSA) is 43.2 Å². The number of hydrogen-bond acceptors (Lipinski definition) is 4. The van der Waals surface area contributed by atoms with E-state index in [0.717, 1.165) is 57.8 Å².